The summed E-state index contributed by atoms with van der Waals surface area (Å²) in [5.41, 5.74) is 0.510. The van der Waals surface area contributed by atoms with Crippen molar-refractivity contribution in [1.29, 1.82) is 0 Å². The van der Waals surface area contributed by atoms with Crippen LogP contribution in [0.3, 0.4) is 0 Å². The number of aliphatic carboxylic acids is 1. The summed E-state index contributed by atoms with van der Waals surface area (Å²) in [5, 5.41) is 9.58. The standard InChI is InChI=1S/C21H30N2O4/c1-2-3-5-10-19(24)23-18(20(25)26)16-27-21(23)11-13-22(14-12-21)15-17-8-6-4-7-9-17/h4,6-9,18H,2-3,5,10-16H2,1H3,(H,25,26)/t18-/m0/s1. The fraction of sp³-hybridized carbons (Fsp3) is 0.619. The minimum absolute atomic E-state index is 0.0788. The van der Waals surface area contributed by atoms with Crippen molar-refractivity contribution in [3.8, 4) is 0 Å². The highest BCUT2D eigenvalue weighted by molar-refractivity contribution is 5.85. The molecule has 6 heteroatoms. The molecule has 2 aliphatic rings. The second-order valence-corrected chi connectivity index (χ2v) is 7.59. The van der Waals surface area contributed by atoms with Gasteiger partial charge in [-0.15, -0.1) is 0 Å². The predicted molar refractivity (Wildman–Crippen MR) is 102 cm³/mol. The number of likely N-dealkylation sites (tertiary alicyclic amines) is 1. The molecule has 2 aliphatic heterocycles. The summed E-state index contributed by atoms with van der Waals surface area (Å²) in [5.74, 6) is -1.05. The number of nitrogens with zero attached hydrogens (tertiary/aromatic N) is 2. The predicted octanol–water partition coefficient (Wildman–Crippen LogP) is 2.87. The third-order valence-corrected chi connectivity index (χ3v) is 5.69. The van der Waals surface area contributed by atoms with Crippen molar-refractivity contribution in [2.24, 2.45) is 0 Å². The number of carbonyl (C=O) groups is 2. The molecule has 0 unspecified atom stereocenters. The lowest BCUT2D eigenvalue weighted by atomic mass is 9.96. The Balaban J connectivity index is 1.66. The minimum Gasteiger partial charge on any atom is -0.480 e. The molecule has 1 atom stereocenters. The zero-order chi connectivity index (χ0) is 19.3. The number of carboxylic acids is 1. The van der Waals surface area contributed by atoms with Crippen LogP contribution in [0.15, 0.2) is 30.3 Å². The molecule has 1 aromatic carbocycles. The molecule has 0 aromatic heterocycles. The highest BCUT2D eigenvalue weighted by Gasteiger charge is 2.53. The summed E-state index contributed by atoms with van der Waals surface area (Å²) in [6, 6.07) is 9.44. The van der Waals surface area contributed by atoms with Gasteiger partial charge in [-0.3, -0.25) is 14.6 Å². The van der Waals surface area contributed by atoms with E-state index in [9.17, 15) is 14.7 Å². The van der Waals surface area contributed by atoms with Crippen LogP contribution >= 0.6 is 0 Å². The van der Waals surface area contributed by atoms with Gasteiger partial charge in [0.1, 0.15) is 5.72 Å². The Labute approximate surface area is 161 Å². The number of carboxylic acid groups (broad SMARTS) is 1. The largest absolute Gasteiger partial charge is 0.480 e. The van der Waals surface area contributed by atoms with Gasteiger partial charge in [0.25, 0.3) is 0 Å². The van der Waals surface area contributed by atoms with Crippen molar-refractivity contribution < 1.29 is 19.4 Å². The lowest BCUT2D eigenvalue weighted by molar-refractivity contribution is -0.166. The Morgan fingerprint density at radius 3 is 2.52 bits per heavy atom. The smallest absolute Gasteiger partial charge is 0.328 e. The van der Waals surface area contributed by atoms with E-state index in [2.05, 4.69) is 24.0 Å². The van der Waals surface area contributed by atoms with E-state index in [-0.39, 0.29) is 12.5 Å². The van der Waals surface area contributed by atoms with Crippen LogP contribution in [-0.2, 0) is 20.9 Å². The van der Waals surface area contributed by atoms with E-state index in [1.165, 1.54) is 5.56 Å². The van der Waals surface area contributed by atoms with Gasteiger partial charge in [-0.1, -0.05) is 50.1 Å². The first kappa shape index (κ1) is 19.8. The number of piperidine rings is 1. The molecule has 1 aromatic rings. The second kappa shape index (κ2) is 8.85. The van der Waals surface area contributed by atoms with Crippen molar-refractivity contribution in [3.05, 3.63) is 35.9 Å². The number of benzene rings is 1. The van der Waals surface area contributed by atoms with Crippen molar-refractivity contribution in [3.63, 3.8) is 0 Å². The molecule has 3 rings (SSSR count). The van der Waals surface area contributed by atoms with Crippen LogP contribution in [0.1, 0.15) is 51.0 Å². The molecule has 0 aliphatic carbocycles. The van der Waals surface area contributed by atoms with E-state index in [4.69, 9.17) is 4.74 Å². The van der Waals surface area contributed by atoms with Crippen LogP contribution in [0, 0.1) is 0 Å². The van der Waals surface area contributed by atoms with Gasteiger partial charge < -0.3 is 9.84 Å². The fourth-order valence-electron chi connectivity index (χ4n) is 4.18. The number of carbonyl (C=O) groups excluding carboxylic acids is 1. The average Bonchev–Trinajstić information content (AvgIpc) is 3.04. The third-order valence-electron chi connectivity index (χ3n) is 5.69. The number of ether oxygens (including phenoxy) is 1. The van der Waals surface area contributed by atoms with E-state index in [0.29, 0.717) is 19.3 Å². The Morgan fingerprint density at radius 2 is 1.89 bits per heavy atom. The fourth-order valence-corrected chi connectivity index (χ4v) is 4.18. The van der Waals surface area contributed by atoms with E-state index in [0.717, 1.165) is 38.9 Å². The summed E-state index contributed by atoms with van der Waals surface area (Å²) in [7, 11) is 0. The zero-order valence-corrected chi connectivity index (χ0v) is 16.1. The molecule has 0 saturated carbocycles. The summed E-state index contributed by atoms with van der Waals surface area (Å²) < 4.78 is 5.99. The van der Waals surface area contributed by atoms with Gasteiger partial charge in [-0.2, -0.15) is 0 Å². The van der Waals surface area contributed by atoms with Gasteiger partial charge in [0.05, 0.1) is 6.61 Å². The Kier molecular flexibility index (Phi) is 6.50. The van der Waals surface area contributed by atoms with Gasteiger partial charge in [-0.25, -0.2) is 4.79 Å². The molecule has 0 bridgehead atoms. The van der Waals surface area contributed by atoms with Gasteiger partial charge in [-0.05, 0) is 12.0 Å². The molecule has 6 nitrogen and oxygen atoms in total. The van der Waals surface area contributed by atoms with Gasteiger partial charge in [0.15, 0.2) is 6.04 Å². The molecule has 2 saturated heterocycles. The Hall–Kier alpha value is -1.92. The lowest BCUT2D eigenvalue weighted by Crippen LogP contribution is -2.58. The SMILES string of the molecule is CCCCCC(=O)N1[C@H](C(=O)O)COC12CCN(Cc1ccccc1)CC2. The summed E-state index contributed by atoms with van der Waals surface area (Å²) >= 11 is 0. The van der Waals surface area contributed by atoms with E-state index < -0.39 is 17.7 Å². The maximum atomic E-state index is 12.8. The van der Waals surface area contributed by atoms with Crippen LogP contribution in [0.5, 0.6) is 0 Å². The highest BCUT2D eigenvalue weighted by atomic mass is 16.5. The molecule has 1 spiro atoms. The molecule has 1 amide bonds. The highest BCUT2D eigenvalue weighted by Crippen LogP contribution is 2.38. The summed E-state index contributed by atoms with van der Waals surface area (Å²) in [4.78, 5) is 28.4. The van der Waals surface area contributed by atoms with Crippen LogP contribution in [-0.4, -0.2) is 58.2 Å². The van der Waals surface area contributed by atoms with E-state index in [1.807, 2.05) is 18.2 Å². The van der Waals surface area contributed by atoms with Crippen LogP contribution in [0.25, 0.3) is 0 Å². The van der Waals surface area contributed by atoms with E-state index >= 15 is 0 Å². The molecule has 1 N–H and O–H groups in total. The maximum absolute atomic E-state index is 12.8. The normalized spacial score (nSPS) is 22.3. The first-order valence-corrected chi connectivity index (χ1v) is 10.0. The molecule has 2 fully saturated rings. The number of amides is 1. The Bertz CT molecular complexity index is 641. The van der Waals surface area contributed by atoms with Crippen LogP contribution in [0.4, 0.5) is 0 Å². The Morgan fingerprint density at radius 1 is 1.19 bits per heavy atom. The first-order chi connectivity index (χ1) is 13.1. The van der Waals surface area contributed by atoms with Crippen molar-refractivity contribution in [2.45, 2.75) is 63.8 Å². The number of unbranched alkanes of at least 4 members (excludes halogenated alkanes) is 2. The van der Waals surface area contributed by atoms with Gasteiger partial charge in [0.2, 0.25) is 5.91 Å². The monoisotopic (exact) mass is 374 g/mol. The number of rotatable bonds is 7. The summed E-state index contributed by atoms with van der Waals surface area (Å²) in [6.45, 7) is 4.63. The topological polar surface area (TPSA) is 70.1 Å². The van der Waals surface area contributed by atoms with E-state index in [1.54, 1.807) is 4.90 Å². The van der Waals surface area contributed by atoms with Crippen molar-refractivity contribution >= 4 is 11.9 Å². The lowest BCUT2D eigenvalue weighted by Gasteiger charge is -2.44. The third kappa shape index (κ3) is 4.50. The molecule has 148 valence electrons. The first-order valence-electron chi connectivity index (χ1n) is 10.0. The minimum atomic E-state index is -0.970. The average molecular weight is 374 g/mol. The van der Waals surface area contributed by atoms with Crippen LogP contribution in [0.2, 0.25) is 0 Å². The van der Waals surface area contributed by atoms with Gasteiger partial charge >= 0.3 is 5.97 Å². The van der Waals surface area contributed by atoms with Crippen LogP contribution < -0.4 is 0 Å². The molecule has 2 heterocycles. The molecule has 0 radical (unpaired) electrons. The molecule has 27 heavy (non-hydrogen) atoms. The van der Waals surface area contributed by atoms with Crippen molar-refractivity contribution in [2.75, 3.05) is 19.7 Å². The number of hydrogen-bond donors (Lipinski definition) is 1. The number of hydrogen-bond acceptors (Lipinski definition) is 4. The van der Waals surface area contributed by atoms with Gasteiger partial charge in [0, 0.05) is 38.9 Å². The summed E-state index contributed by atoms with van der Waals surface area (Å²) in [6.07, 6.45) is 4.53. The maximum Gasteiger partial charge on any atom is 0.328 e. The zero-order valence-electron chi connectivity index (χ0n) is 16.1. The molecular weight excluding hydrogens is 344 g/mol. The second-order valence-electron chi connectivity index (χ2n) is 7.59. The molecular formula is C21H30N2O4. The quantitative estimate of drug-likeness (QED) is 0.743. The van der Waals surface area contributed by atoms with Crippen molar-refractivity contribution in [1.82, 2.24) is 9.80 Å².